The molecule has 31 heavy (non-hydrogen) atoms. The summed E-state index contributed by atoms with van der Waals surface area (Å²) in [7, 11) is 0. The molecule has 11 heteroatoms. The maximum atomic E-state index is 13.1. The summed E-state index contributed by atoms with van der Waals surface area (Å²) in [5, 5.41) is 7.71. The van der Waals surface area contributed by atoms with Crippen LogP contribution in [0.3, 0.4) is 0 Å². The lowest BCUT2D eigenvalue weighted by molar-refractivity contribution is -0.137. The number of hydrogen-bond acceptors (Lipinski definition) is 5. The van der Waals surface area contributed by atoms with Crippen LogP contribution in [-0.4, -0.2) is 42.3 Å². The third-order valence-electron chi connectivity index (χ3n) is 5.02. The molecule has 1 aliphatic heterocycles. The van der Waals surface area contributed by atoms with Gasteiger partial charge >= 0.3 is 6.18 Å². The Kier molecular flexibility index (Phi) is 5.42. The Hall–Kier alpha value is -3.01. The molecule has 162 valence electrons. The molecule has 1 amide bonds. The maximum Gasteiger partial charge on any atom is 0.417 e. The molecule has 0 saturated carbocycles. The van der Waals surface area contributed by atoms with Crippen LogP contribution in [-0.2, 0) is 25.7 Å². The van der Waals surface area contributed by atoms with Crippen LogP contribution >= 0.6 is 11.6 Å². The van der Waals surface area contributed by atoms with Gasteiger partial charge in [0.15, 0.2) is 0 Å². The van der Waals surface area contributed by atoms with Crippen molar-refractivity contribution in [2.24, 2.45) is 0 Å². The van der Waals surface area contributed by atoms with E-state index in [1.807, 2.05) is 19.9 Å². The van der Waals surface area contributed by atoms with E-state index in [2.05, 4.69) is 20.3 Å². The third kappa shape index (κ3) is 4.25. The average molecular weight is 451 g/mol. The lowest BCUT2D eigenvalue weighted by Crippen LogP contribution is -2.37. The largest absolute Gasteiger partial charge is 0.417 e. The number of aromatic nitrogens is 5. The molecular weight excluding hydrogens is 433 g/mol. The monoisotopic (exact) mass is 450 g/mol. The lowest BCUT2D eigenvalue weighted by Gasteiger charge is -2.27. The molecule has 3 aromatic rings. The summed E-state index contributed by atoms with van der Waals surface area (Å²) in [6.07, 6.45) is -4.18. The van der Waals surface area contributed by atoms with Crippen LogP contribution in [0, 0.1) is 13.8 Å². The molecule has 0 aliphatic carbocycles. The normalized spacial score (nSPS) is 13.9. The fraction of sp³-hybridized carbons (Fsp3) is 0.350. The second kappa shape index (κ2) is 7.92. The lowest BCUT2D eigenvalue weighted by atomic mass is 10.1. The molecule has 0 atom stereocenters. The van der Waals surface area contributed by atoms with E-state index in [9.17, 15) is 18.0 Å². The van der Waals surface area contributed by atoms with Crippen molar-refractivity contribution in [3.63, 3.8) is 0 Å². The number of hydrogen-bond donors (Lipinski definition) is 0. The Balaban J connectivity index is 1.55. The Labute approximate surface area is 180 Å². The number of carbonyl (C=O) groups is 1. The second-order valence-corrected chi connectivity index (χ2v) is 7.73. The second-order valence-electron chi connectivity index (χ2n) is 7.35. The number of halogens is 4. The molecule has 4 rings (SSSR count). The van der Waals surface area contributed by atoms with E-state index >= 15 is 0 Å². The van der Waals surface area contributed by atoms with E-state index in [1.54, 1.807) is 4.68 Å². The number of nitrogens with zero attached hydrogens (tertiary/aromatic N) is 6. The van der Waals surface area contributed by atoms with Gasteiger partial charge in [0.1, 0.15) is 18.1 Å². The van der Waals surface area contributed by atoms with Crippen LogP contribution in [0.4, 0.5) is 13.2 Å². The predicted molar refractivity (Wildman–Crippen MR) is 106 cm³/mol. The van der Waals surface area contributed by atoms with Crippen molar-refractivity contribution in [1.29, 1.82) is 0 Å². The Morgan fingerprint density at radius 1 is 1.19 bits per heavy atom. The highest BCUT2D eigenvalue weighted by Gasteiger charge is 2.36. The molecule has 0 N–H and O–H groups in total. The van der Waals surface area contributed by atoms with E-state index in [4.69, 9.17) is 11.6 Å². The third-order valence-corrected chi connectivity index (χ3v) is 5.43. The van der Waals surface area contributed by atoms with Crippen molar-refractivity contribution in [3.8, 4) is 0 Å². The number of rotatable bonds is 3. The molecule has 0 spiro atoms. The topological polar surface area (TPSA) is 76.8 Å². The van der Waals surface area contributed by atoms with Crippen LogP contribution in [0.2, 0.25) is 5.02 Å². The van der Waals surface area contributed by atoms with Crippen molar-refractivity contribution in [2.45, 2.75) is 39.5 Å². The smallest absolute Gasteiger partial charge is 0.332 e. The Bertz CT molecular complexity index is 1140. The van der Waals surface area contributed by atoms with Gasteiger partial charge in [0, 0.05) is 24.4 Å². The minimum absolute atomic E-state index is 0.133. The fourth-order valence-electron chi connectivity index (χ4n) is 3.66. The molecule has 0 radical (unpaired) electrons. The highest BCUT2D eigenvalue weighted by molar-refractivity contribution is 6.34. The minimum atomic E-state index is -4.64. The fourth-order valence-corrected chi connectivity index (χ4v) is 3.97. The van der Waals surface area contributed by atoms with Crippen molar-refractivity contribution in [1.82, 2.24) is 29.9 Å². The van der Waals surface area contributed by atoms with Crippen LogP contribution < -0.4 is 0 Å². The molecule has 1 aliphatic rings. The molecule has 1 aromatic carbocycles. The highest BCUT2D eigenvalue weighted by Crippen LogP contribution is 2.36. The van der Waals surface area contributed by atoms with Crippen LogP contribution in [0.1, 0.15) is 44.5 Å². The number of carbonyl (C=O) groups excluding carboxylic acids is 1. The van der Waals surface area contributed by atoms with Crippen molar-refractivity contribution in [2.75, 3.05) is 6.54 Å². The summed E-state index contributed by atoms with van der Waals surface area (Å²) in [5.41, 5.74) is 1.93. The van der Waals surface area contributed by atoms with Gasteiger partial charge in [-0.15, -0.1) is 5.10 Å². The van der Waals surface area contributed by atoms with E-state index in [-0.39, 0.29) is 12.1 Å². The molecule has 0 fully saturated rings. The summed E-state index contributed by atoms with van der Waals surface area (Å²) < 4.78 is 41.1. The van der Waals surface area contributed by atoms with Gasteiger partial charge in [-0.05, 0) is 32.0 Å². The van der Waals surface area contributed by atoms with Gasteiger partial charge in [0.2, 0.25) is 0 Å². The first-order chi connectivity index (χ1) is 14.6. The number of alkyl halides is 3. The van der Waals surface area contributed by atoms with Crippen molar-refractivity contribution >= 4 is 17.5 Å². The summed E-state index contributed by atoms with van der Waals surface area (Å²) in [4.78, 5) is 23.1. The Morgan fingerprint density at radius 2 is 1.90 bits per heavy atom. The van der Waals surface area contributed by atoms with E-state index in [0.717, 1.165) is 23.1 Å². The SMILES string of the molecule is Cc1cc(C)nc(Cn2nnc3c2CCN(C(=O)c2cccc(C(F)(F)F)c2Cl)C3)n1. The first-order valence-electron chi connectivity index (χ1n) is 9.51. The Morgan fingerprint density at radius 3 is 2.58 bits per heavy atom. The molecule has 7 nitrogen and oxygen atoms in total. The van der Waals surface area contributed by atoms with Gasteiger partial charge in [-0.2, -0.15) is 13.2 Å². The zero-order valence-corrected chi connectivity index (χ0v) is 17.5. The predicted octanol–water partition coefficient (Wildman–Crippen LogP) is 3.60. The van der Waals surface area contributed by atoms with Crippen LogP contribution in [0.25, 0.3) is 0 Å². The highest BCUT2D eigenvalue weighted by atomic mass is 35.5. The summed E-state index contributed by atoms with van der Waals surface area (Å²) in [5.74, 6) is 0.0356. The van der Waals surface area contributed by atoms with Gasteiger partial charge in [-0.3, -0.25) is 4.79 Å². The molecule has 3 heterocycles. The summed E-state index contributed by atoms with van der Waals surface area (Å²) in [6.45, 7) is 4.56. The first kappa shape index (κ1) is 21.2. The van der Waals surface area contributed by atoms with Gasteiger partial charge in [0.05, 0.1) is 28.4 Å². The molecule has 2 aromatic heterocycles. The van der Waals surface area contributed by atoms with Gasteiger partial charge in [-0.25, -0.2) is 14.6 Å². The quantitative estimate of drug-likeness (QED) is 0.609. The number of benzene rings is 1. The van der Waals surface area contributed by atoms with Gasteiger partial charge in [0.25, 0.3) is 5.91 Å². The van der Waals surface area contributed by atoms with Gasteiger partial charge in [-0.1, -0.05) is 22.9 Å². The van der Waals surface area contributed by atoms with Crippen LogP contribution in [0.15, 0.2) is 24.3 Å². The van der Waals surface area contributed by atoms with Crippen molar-refractivity contribution < 1.29 is 18.0 Å². The van der Waals surface area contributed by atoms with E-state index in [0.29, 0.717) is 31.0 Å². The van der Waals surface area contributed by atoms with E-state index < -0.39 is 22.7 Å². The standard InChI is InChI=1S/C20H18ClF3N6O/c1-11-8-12(2)26-17(25-11)10-30-16-6-7-29(9-15(16)27-28-30)19(31)13-4-3-5-14(18(13)21)20(22,23)24/h3-5,8H,6-7,9-10H2,1-2H3. The molecule has 0 unspecified atom stereocenters. The molecule has 0 saturated heterocycles. The first-order valence-corrected chi connectivity index (χ1v) is 9.88. The minimum Gasteiger partial charge on any atom is -0.332 e. The number of fused-ring (bicyclic) bond motifs is 1. The zero-order valence-electron chi connectivity index (χ0n) is 16.7. The van der Waals surface area contributed by atoms with Gasteiger partial charge < -0.3 is 4.90 Å². The van der Waals surface area contributed by atoms with Crippen LogP contribution in [0.5, 0.6) is 0 Å². The van der Waals surface area contributed by atoms with Crippen molar-refractivity contribution in [3.05, 3.63) is 69.0 Å². The number of amides is 1. The number of aryl methyl sites for hydroxylation is 2. The maximum absolute atomic E-state index is 13.1. The van der Waals surface area contributed by atoms with E-state index in [1.165, 1.54) is 17.0 Å². The average Bonchev–Trinajstić information content (AvgIpc) is 3.08. The summed E-state index contributed by atoms with van der Waals surface area (Å²) >= 11 is 5.91. The summed E-state index contributed by atoms with van der Waals surface area (Å²) in [6, 6.07) is 5.21. The molecular formula is C20H18ClF3N6O. The zero-order chi connectivity index (χ0) is 22.3. The molecule has 0 bridgehead atoms.